The molecule has 24 heavy (non-hydrogen) atoms. The number of nitrogens with zero attached hydrogens (tertiary/aromatic N) is 1. The third kappa shape index (κ3) is 3.49. The first-order valence-electron chi connectivity index (χ1n) is 8.20. The number of morpholine rings is 1. The van der Waals surface area contributed by atoms with Crippen LogP contribution >= 0.6 is 0 Å². The molecule has 0 unspecified atom stereocenters. The summed E-state index contributed by atoms with van der Waals surface area (Å²) < 4.78 is 5.38. The lowest BCUT2D eigenvalue weighted by molar-refractivity contribution is -0.00922. The number of carbonyl (C=O) groups excluding carboxylic acids is 1. The van der Waals surface area contributed by atoms with Gasteiger partial charge in [0.25, 0.3) is 5.91 Å². The summed E-state index contributed by atoms with van der Waals surface area (Å²) in [6.45, 7) is 7.87. The van der Waals surface area contributed by atoms with Gasteiger partial charge in [0.2, 0.25) is 5.56 Å². The molecule has 0 atom stereocenters. The van der Waals surface area contributed by atoms with Crippen molar-refractivity contribution in [1.29, 1.82) is 0 Å². The fourth-order valence-corrected chi connectivity index (χ4v) is 3.06. The number of aromatic amines is 1. The topological polar surface area (TPSA) is 74.4 Å². The van der Waals surface area contributed by atoms with Crippen LogP contribution in [-0.2, 0) is 4.74 Å². The summed E-state index contributed by atoms with van der Waals surface area (Å²) in [4.78, 5) is 29.5. The van der Waals surface area contributed by atoms with E-state index in [9.17, 15) is 9.59 Å². The van der Waals surface area contributed by atoms with E-state index in [1.54, 1.807) is 6.07 Å². The molecule has 1 aliphatic heterocycles. The third-order valence-corrected chi connectivity index (χ3v) is 4.54. The summed E-state index contributed by atoms with van der Waals surface area (Å²) in [5.41, 5.74) is 0.636. The molecule has 6 heteroatoms. The third-order valence-electron chi connectivity index (χ3n) is 4.54. The van der Waals surface area contributed by atoms with E-state index in [1.165, 1.54) is 6.07 Å². The van der Waals surface area contributed by atoms with Gasteiger partial charge >= 0.3 is 0 Å². The lowest BCUT2D eigenvalue weighted by Crippen LogP contribution is -2.55. The lowest BCUT2D eigenvalue weighted by Gasteiger charge is -2.40. The summed E-state index contributed by atoms with van der Waals surface area (Å²) in [5, 5.41) is 3.73. The van der Waals surface area contributed by atoms with E-state index in [2.05, 4.69) is 29.0 Å². The minimum atomic E-state index is -0.272. The number of fused-ring (bicyclic) bond motifs is 1. The molecule has 1 fully saturated rings. The SMILES string of the molecule is CC(C)(CNC(=O)c1cc(=O)[nH]c2ccccc12)N1CCOCC1. The molecule has 1 aliphatic rings. The van der Waals surface area contributed by atoms with Crippen LogP contribution in [0.5, 0.6) is 0 Å². The van der Waals surface area contributed by atoms with Gasteiger partial charge in [0.1, 0.15) is 0 Å². The first-order valence-corrected chi connectivity index (χ1v) is 8.20. The lowest BCUT2D eigenvalue weighted by atomic mass is 10.0. The van der Waals surface area contributed by atoms with E-state index >= 15 is 0 Å². The number of pyridine rings is 1. The Bertz CT molecular complexity index is 791. The van der Waals surface area contributed by atoms with Gasteiger partial charge in [-0.3, -0.25) is 14.5 Å². The van der Waals surface area contributed by atoms with Crippen molar-refractivity contribution in [3.8, 4) is 0 Å². The molecule has 2 aromatic rings. The number of amides is 1. The monoisotopic (exact) mass is 329 g/mol. The molecule has 2 N–H and O–H groups in total. The van der Waals surface area contributed by atoms with E-state index in [0.717, 1.165) is 31.7 Å². The molecule has 1 aromatic carbocycles. The maximum atomic E-state index is 12.6. The number of para-hydroxylation sites is 1. The van der Waals surface area contributed by atoms with Gasteiger partial charge in [-0.15, -0.1) is 0 Å². The first-order chi connectivity index (χ1) is 11.5. The molecular weight excluding hydrogens is 306 g/mol. The standard InChI is InChI=1S/C18H23N3O3/c1-18(2,21-7-9-24-10-8-21)12-19-17(23)14-11-16(22)20-15-6-4-3-5-13(14)15/h3-6,11H,7-10,12H2,1-2H3,(H,19,23)(H,20,22). The molecule has 3 rings (SSSR count). The maximum Gasteiger partial charge on any atom is 0.252 e. The largest absolute Gasteiger partial charge is 0.379 e. The van der Waals surface area contributed by atoms with Crippen LogP contribution in [0.25, 0.3) is 10.9 Å². The molecule has 1 amide bonds. The molecule has 0 spiro atoms. The molecule has 6 nitrogen and oxygen atoms in total. The van der Waals surface area contributed by atoms with Gasteiger partial charge in [0, 0.05) is 42.1 Å². The smallest absolute Gasteiger partial charge is 0.252 e. The van der Waals surface area contributed by atoms with Crippen molar-refractivity contribution in [1.82, 2.24) is 15.2 Å². The summed E-state index contributed by atoms with van der Waals surface area (Å²) in [7, 11) is 0. The molecular formula is C18H23N3O3. The van der Waals surface area contributed by atoms with E-state index in [4.69, 9.17) is 4.74 Å². The predicted octanol–water partition coefficient (Wildman–Crippen LogP) is 1.37. The summed E-state index contributed by atoms with van der Waals surface area (Å²) in [6.07, 6.45) is 0. The van der Waals surface area contributed by atoms with Gasteiger partial charge < -0.3 is 15.0 Å². The molecule has 2 heterocycles. The fraction of sp³-hybridized carbons (Fsp3) is 0.444. The quantitative estimate of drug-likeness (QED) is 0.888. The predicted molar refractivity (Wildman–Crippen MR) is 93.4 cm³/mol. The highest BCUT2D eigenvalue weighted by atomic mass is 16.5. The Balaban J connectivity index is 1.77. The summed E-state index contributed by atoms with van der Waals surface area (Å²) in [5.74, 6) is -0.223. The van der Waals surface area contributed by atoms with Crippen molar-refractivity contribution < 1.29 is 9.53 Å². The van der Waals surface area contributed by atoms with Gasteiger partial charge in [0.15, 0.2) is 0 Å². The Hall–Kier alpha value is -2.18. The normalized spacial score (nSPS) is 16.2. The van der Waals surface area contributed by atoms with E-state index in [-0.39, 0.29) is 17.0 Å². The number of ether oxygens (including phenoxy) is 1. The number of nitrogens with one attached hydrogen (secondary N) is 2. The molecule has 1 aromatic heterocycles. The van der Waals surface area contributed by atoms with E-state index < -0.39 is 0 Å². The Labute approximate surface area is 140 Å². The van der Waals surface area contributed by atoms with Crippen molar-refractivity contribution in [2.75, 3.05) is 32.8 Å². The van der Waals surface area contributed by atoms with Crippen LogP contribution < -0.4 is 10.9 Å². The molecule has 1 saturated heterocycles. The second-order valence-corrected chi connectivity index (χ2v) is 6.69. The van der Waals surface area contributed by atoms with Crippen LogP contribution in [0.15, 0.2) is 35.1 Å². The van der Waals surface area contributed by atoms with E-state index in [1.807, 2.05) is 18.2 Å². The Morgan fingerprint density at radius 2 is 2.00 bits per heavy atom. The number of H-pyrrole nitrogens is 1. The van der Waals surface area contributed by atoms with Crippen molar-refractivity contribution in [3.63, 3.8) is 0 Å². The van der Waals surface area contributed by atoms with Crippen LogP contribution in [0.3, 0.4) is 0 Å². The minimum Gasteiger partial charge on any atom is -0.379 e. The molecule has 128 valence electrons. The highest BCUT2D eigenvalue weighted by molar-refractivity contribution is 6.05. The van der Waals surface area contributed by atoms with Gasteiger partial charge in [-0.05, 0) is 19.9 Å². The second-order valence-electron chi connectivity index (χ2n) is 6.69. The van der Waals surface area contributed by atoms with Crippen LogP contribution in [0.4, 0.5) is 0 Å². The van der Waals surface area contributed by atoms with Crippen molar-refractivity contribution >= 4 is 16.8 Å². The van der Waals surface area contributed by atoms with Crippen molar-refractivity contribution in [2.45, 2.75) is 19.4 Å². The Morgan fingerprint density at radius 1 is 1.29 bits per heavy atom. The number of hydrogen-bond acceptors (Lipinski definition) is 4. The first kappa shape index (κ1) is 16.7. The fourth-order valence-electron chi connectivity index (χ4n) is 3.06. The number of rotatable bonds is 4. The zero-order chi connectivity index (χ0) is 17.2. The van der Waals surface area contributed by atoms with Gasteiger partial charge in [-0.2, -0.15) is 0 Å². The van der Waals surface area contributed by atoms with Crippen molar-refractivity contribution in [3.05, 3.63) is 46.2 Å². The van der Waals surface area contributed by atoms with Gasteiger partial charge in [-0.1, -0.05) is 18.2 Å². The van der Waals surface area contributed by atoms with Crippen molar-refractivity contribution in [2.24, 2.45) is 0 Å². The maximum absolute atomic E-state index is 12.6. The molecule has 0 radical (unpaired) electrons. The van der Waals surface area contributed by atoms with E-state index in [0.29, 0.717) is 17.6 Å². The Kier molecular flexibility index (Phi) is 4.69. The molecule has 0 bridgehead atoms. The zero-order valence-electron chi connectivity index (χ0n) is 14.1. The zero-order valence-corrected chi connectivity index (χ0v) is 14.1. The molecule has 0 aliphatic carbocycles. The Morgan fingerprint density at radius 3 is 2.75 bits per heavy atom. The highest BCUT2D eigenvalue weighted by Crippen LogP contribution is 2.17. The number of hydrogen-bond donors (Lipinski definition) is 2. The van der Waals surface area contributed by atoms with Crippen LogP contribution in [0.2, 0.25) is 0 Å². The van der Waals surface area contributed by atoms with Crippen LogP contribution in [-0.4, -0.2) is 54.2 Å². The number of aromatic nitrogens is 1. The highest BCUT2D eigenvalue weighted by Gasteiger charge is 2.28. The average Bonchev–Trinajstić information content (AvgIpc) is 2.59. The summed E-state index contributed by atoms with van der Waals surface area (Å²) in [6, 6.07) is 8.69. The van der Waals surface area contributed by atoms with Gasteiger partial charge in [-0.25, -0.2) is 0 Å². The number of carbonyl (C=O) groups is 1. The average molecular weight is 329 g/mol. The second kappa shape index (κ2) is 6.75. The summed E-state index contributed by atoms with van der Waals surface area (Å²) >= 11 is 0. The molecule has 0 saturated carbocycles. The van der Waals surface area contributed by atoms with Crippen LogP contribution in [0.1, 0.15) is 24.2 Å². The van der Waals surface area contributed by atoms with Crippen LogP contribution in [0, 0.1) is 0 Å². The number of benzene rings is 1. The minimum absolute atomic E-state index is 0.170. The van der Waals surface area contributed by atoms with Gasteiger partial charge in [0.05, 0.1) is 18.8 Å².